The van der Waals surface area contributed by atoms with E-state index in [1.807, 2.05) is 5.57 Å². The van der Waals surface area contributed by atoms with Crippen LogP contribution in [0.5, 0.6) is 0 Å². The van der Waals surface area contributed by atoms with Gasteiger partial charge in [0.25, 0.3) is 0 Å². The summed E-state index contributed by atoms with van der Waals surface area (Å²) in [6.45, 7) is 0. The molecular formula is C12H14. The highest BCUT2D eigenvalue weighted by Gasteiger charge is 2.70. The van der Waals surface area contributed by atoms with Crippen molar-refractivity contribution in [1.29, 1.82) is 0 Å². The van der Waals surface area contributed by atoms with Crippen LogP contribution in [0.15, 0.2) is 11.6 Å². The summed E-state index contributed by atoms with van der Waals surface area (Å²) in [5.74, 6) is 8.19. The van der Waals surface area contributed by atoms with E-state index in [1.165, 1.54) is 30.1 Å². The molecule has 0 N–H and O–H groups in total. The summed E-state index contributed by atoms with van der Waals surface area (Å²) in [5.41, 5.74) is 1.91. The Morgan fingerprint density at radius 2 is 1.92 bits per heavy atom. The molecule has 0 saturated heterocycles. The summed E-state index contributed by atoms with van der Waals surface area (Å²) in [5, 5.41) is 0. The molecule has 12 heavy (non-hydrogen) atoms. The van der Waals surface area contributed by atoms with E-state index in [-0.39, 0.29) is 0 Å². The molecule has 0 radical (unpaired) electrons. The zero-order valence-electron chi connectivity index (χ0n) is 7.24. The monoisotopic (exact) mass is 158 g/mol. The number of hydrogen-bond acceptors (Lipinski definition) is 0. The summed E-state index contributed by atoms with van der Waals surface area (Å²) in [6.07, 6.45) is 7.40. The van der Waals surface area contributed by atoms with Crippen molar-refractivity contribution in [3.63, 3.8) is 0 Å². The van der Waals surface area contributed by atoms with Gasteiger partial charge in [-0.2, -0.15) is 0 Å². The zero-order chi connectivity index (χ0) is 7.45. The van der Waals surface area contributed by atoms with Crippen LogP contribution in [0.1, 0.15) is 19.3 Å². The first-order chi connectivity index (χ1) is 5.93. The fraction of sp³-hybridized carbons (Fsp3) is 0.833. The molecule has 6 aliphatic rings. The maximum Gasteiger partial charge on any atom is -0.0165 e. The minimum absolute atomic E-state index is 1.09. The van der Waals surface area contributed by atoms with Crippen LogP contribution in [0, 0.1) is 41.4 Å². The molecule has 0 heterocycles. The van der Waals surface area contributed by atoms with Gasteiger partial charge in [0.2, 0.25) is 0 Å². The molecule has 0 aromatic carbocycles. The first-order valence-corrected chi connectivity index (χ1v) is 5.64. The summed E-state index contributed by atoms with van der Waals surface area (Å²) in [6, 6.07) is 0. The molecule has 0 aromatic heterocycles. The van der Waals surface area contributed by atoms with Crippen molar-refractivity contribution in [3.05, 3.63) is 11.6 Å². The average molecular weight is 158 g/mol. The Hall–Kier alpha value is -0.260. The summed E-state index contributed by atoms with van der Waals surface area (Å²) < 4.78 is 0. The second-order valence-electron chi connectivity index (χ2n) is 5.83. The molecule has 4 fully saturated rings. The molecule has 0 aliphatic heterocycles. The number of hydrogen-bond donors (Lipinski definition) is 0. The molecule has 0 amide bonds. The van der Waals surface area contributed by atoms with Crippen LogP contribution in [0.4, 0.5) is 0 Å². The topological polar surface area (TPSA) is 0 Å². The molecule has 0 nitrogen and oxygen atoms in total. The van der Waals surface area contributed by atoms with Gasteiger partial charge in [-0.1, -0.05) is 11.6 Å². The largest absolute Gasteiger partial charge is 0.0813 e. The minimum Gasteiger partial charge on any atom is -0.0813 e. The van der Waals surface area contributed by atoms with E-state index in [0.717, 1.165) is 17.8 Å². The van der Waals surface area contributed by atoms with E-state index in [2.05, 4.69) is 6.08 Å². The van der Waals surface area contributed by atoms with Crippen LogP contribution in [0.25, 0.3) is 0 Å². The Labute approximate surface area is 73.0 Å². The van der Waals surface area contributed by atoms with Crippen molar-refractivity contribution in [2.45, 2.75) is 19.3 Å². The van der Waals surface area contributed by atoms with Crippen LogP contribution >= 0.6 is 0 Å². The molecule has 6 aliphatic carbocycles. The quantitative estimate of drug-likeness (QED) is 0.514. The second-order valence-corrected chi connectivity index (χ2v) is 5.83. The van der Waals surface area contributed by atoms with Crippen molar-refractivity contribution >= 4 is 0 Å². The van der Waals surface area contributed by atoms with Gasteiger partial charge in [-0.15, -0.1) is 0 Å². The standard InChI is InChI=1S/C12H14/c1-5-2-8-7(1)9(8)3-6(5)12-10-4-11(10)12/h1,6-12H,2-4H2. The second kappa shape index (κ2) is 1.32. The van der Waals surface area contributed by atoms with Crippen LogP contribution in [-0.4, -0.2) is 0 Å². The van der Waals surface area contributed by atoms with Crippen molar-refractivity contribution in [2.24, 2.45) is 41.4 Å². The van der Waals surface area contributed by atoms with Gasteiger partial charge in [-0.05, 0) is 60.7 Å². The fourth-order valence-corrected chi connectivity index (χ4v) is 4.48. The van der Waals surface area contributed by atoms with Gasteiger partial charge in [-0.25, -0.2) is 0 Å². The normalized spacial score (nSPS) is 73.3. The Kier molecular flexibility index (Phi) is 0.603. The van der Waals surface area contributed by atoms with Gasteiger partial charge in [0.15, 0.2) is 0 Å². The number of allylic oxidation sites excluding steroid dienone is 2. The van der Waals surface area contributed by atoms with Gasteiger partial charge in [0.05, 0.1) is 0 Å². The Morgan fingerprint density at radius 3 is 2.33 bits per heavy atom. The molecular weight excluding hydrogens is 144 g/mol. The van der Waals surface area contributed by atoms with Gasteiger partial charge < -0.3 is 0 Å². The highest BCUT2D eigenvalue weighted by Crippen LogP contribution is 2.77. The number of fused-ring (bicyclic) bond motifs is 2. The third-order valence-electron chi connectivity index (χ3n) is 5.48. The van der Waals surface area contributed by atoms with E-state index in [0.29, 0.717) is 0 Å². The molecule has 0 heteroatoms. The van der Waals surface area contributed by atoms with Gasteiger partial charge in [0.1, 0.15) is 0 Å². The third kappa shape index (κ3) is 0.427. The lowest BCUT2D eigenvalue weighted by Gasteiger charge is -2.28. The molecule has 6 unspecified atom stereocenters. The van der Waals surface area contributed by atoms with Crippen molar-refractivity contribution < 1.29 is 0 Å². The SMILES string of the molecule is C1=C2CC3C1C3CC2C1C2CC21. The van der Waals surface area contributed by atoms with Crippen molar-refractivity contribution in [3.8, 4) is 0 Å². The first kappa shape index (κ1) is 5.47. The van der Waals surface area contributed by atoms with E-state index in [9.17, 15) is 0 Å². The van der Waals surface area contributed by atoms with Gasteiger partial charge in [-0.3, -0.25) is 0 Å². The average Bonchev–Trinajstić information content (AvgIpc) is 2.94. The van der Waals surface area contributed by atoms with E-state index in [1.54, 1.807) is 12.8 Å². The summed E-state index contributed by atoms with van der Waals surface area (Å²) in [4.78, 5) is 0. The number of rotatable bonds is 1. The molecule has 6 rings (SSSR count). The van der Waals surface area contributed by atoms with Crippen molar-refractivity contribution in [2.75, 3.05) is 0 Å². The molecule has 62 valence electrons. The maximum atomic E-state index is 2.67. The zero-order valence-corrected chi connectivity index (χ0v) is 7.24. The molecule has 4 saturated carbocycles. The smallest absolute Gasteiger partial charge is 0.0165 e. The fourth-order valence-electron chi connectivity index (χ4n) is 4.48. The van der Waals surface area contributed by atoms with Crippen molar-refractivity contribution in [1.82, 2.24) is 0 Å². The van der Waals surface area contributed by atoms with E-state index < -0.39 is 0 Å². The maximum absolute atomic E-state index is 2.67. The Bertz CT molecular complexity index is 306. The summed E-state index contributed by atoms with van der Waals surface area (Å²) >= 11 is 0. The van der Waals surface area contributed by atoms with Crippen LogP contribution in [0.2, 0.25) is 0 Å². The Balaban J connectivity index is 1.55. The van der Waals surface area contributed by atoms with Crippen LogP contribution in [-0.2, 0) is 0 Å². The molecule has 6 atom stereocenters. The lowest BCUT2D eigenvalue weighted by molar-refractivity contribution is 0.337. The lowest BCUT2D eigenvalue weighted by atomic mass is 9.77. The predicted octanol–water partition coefficient (Wildman–Crippen LogP) is 2.46. The third-order valence-corrected chi connectivity index (χ3v) is 5.48. The van der Waals surface area contributed by atoms with E-state index in [4.69, 9.17) is 0 Å². The van der Waals surface area contributed by atoms with E-state index >= 15 is 0 Å². The first-order valence-electron chi connectivity index (χ1n) is 5.64. The highest BCUT2D eigenvalue weighted by atomic mass is 14.7. The van der Waals surface area contributed by atoms with Gasteiger partial charge in [0, 0.05) is 0 Å². The molecule has 0 aromatic rings. The van der Waals surface area contributed by atoms with Crippen LogP contribution < -0.4 is 0 Å². The van der Waals surface area contributed by atoms with Crippen LogP contribution in [0.3, 0.4) is 0 Å². The Morgan fingerprint density at radius 1 is 1.00 bits per heavy atom. The highest BCUT2D eigenvalue weighted by molar-refractivity contribution is 5.35. The minimum atomic E-state index is 1.09. The van der Waals surface area contributed by atoms with Gasteiger partial charge >= 0.3 is 0 Å². The summed E-state index contributed by atoms with van der Waals surface area (Å²) in [7, 11) is 0. The molecule has 0 spiro atoms. The lowest BCUT2D eigenvalue weighted by Crippen LogP contribution is -2.18. The molecule has 4 bridgehead atoms. The predicted molar refractivity (Wildman–Crippen MR) is 46.4 cm³/mol.